The Morgan fingerprint density at radius 3 is 1.37 bits per heavy atom. The number of nitrogens with zero attached hydrogens (tertiary/aromatic N) is 2. The number of benzene rings is 3. The number of amides is 4. The topological polar surface area (TPSA) is 93.2 Å². The second-order valence-electron chi connectivity index (χ2n) is 10.3. The smallest absolute Gasteiger partial charge is 0.410 e. The minimum absolute atomic E-state index is 0.0368. The average molecular weight is 681 g/mol. The van der Waals surface area contributed by atoms with Crippen molar-refractivity contribution in [2.24, 2.45) is 0 Å². The number of halogens is 6. The molecule has 0 bridgehead atoms. The van der Waals surface area contributed by atoms with Gasteiger partial charge >= 0.3 is 12.4 Å². The molecule has 0 aromatic heterocycles. The number of hydrogen-bond acceptors (Lipinski definition) is 6. The zero-order valence-electron chi connectivity index (χ0n) is 24.9. The van der Waals surface area contributed by atoms with Gasteiger partial charge in [0, 0.05) is 24.3 Å². The Balaban J connectivity index is 1.35. The SMILES string of the molecule is C=C/C(=C\C=C\C(c1ccc(Oc2ccc(N3C(=O)C=CC3=O)cc2)cc1)(C(F)(F)F)C(F)(F)F)Oc1ccc(N2C(=O)C=CC2=O)cc1. The molecule has 250 valence electrons. The Bertz CT molecular complexity index is 1870. The van der Waals surface area contributed by atoms with Crippen LogP contribution in [0.25, 0.3) is 0 Å². The van der Waals surface area contributed by atoms with E-state index in [4.69, 9.17) is 9.47 Å². The van der Waals surface area contributed by atoms with E-state index in [1.54, 1.807) is 0 Å². The molecule has 3 aromatic carbocycles. The normalized spacial score (nSPS) is 15.6. The molecule has 5 rings (SSSR count). The Kier molecular flexibility index (Phi) is 9.16. The molecule has 0 N–H and O–H groups in total. The van der Waals surface area contributed by atoms with E-state index < -0.39 is 47.0 Å². The molecule has 2 aliphatic heterocycles. The van der Waals surface area contributed by atoms with Crippen molar-refractivity contribution in [2.45, 2.75) is 17.8 Å². The van der Waals surface area contributed by atoms with Gasteiger partial charge in [-0.2, -0.15) is 26.3 Å². The van der Waals surface area contributed by atoms with E-state index in [9.17, 15) is 45.5 Å². The monoisotopic (exact) mass is 680 g/mol. The summed E-state index contributed by atoms with van der Waals surface area (Å²) in [6.07, 6.45) is -4.86. The lowest BCUT2D eigenvalue weighted by Crippen LogP contribution is -2.52. The number of carbonyl (C=O) groups excluding carboxylic acids is 4. The first-order valence-corrected chi connectivity index (χ1v) is 14.1. The zero-order valence-corrected chi connectivity index (χ0v) is 24.9. The molecule has 49 heavy (non-hydrogen) atoms. The molecule has 0 saturated carbocycles. The van der Waals surface area contributed by atoms with Crippen molar-refractivity contribution in [1.82, 2.24) is 0 Å². The van der Waals surface area contributed by atoms with Crippen molar-refractivity contribution in [3.63, 3.8) is 0 Å². The standard InChI is InChI=1S/C35H22F6N2O6/c1-2-25(48-27-13-7-23(8-14-27)42-29(44)17-18-30(42)45)4-3-21-33(34(36,37)38,35(39,40)41)22-5-11-26(12-6-22)49-28-15-9-24(10-16-28)43-31(46)19-20-32(43)47/h2-21H,1H2/b21-3+,25-4+. The summed E-state index contributed by atoms with van der Waals surface area (Å²) in [5, 5.41) is 0. The van der Waals surface area contributed by atoms with Gasteiger partial charge in [0.05, 0.1) is 11.4 Å². The summed E-state index contributed by atoms with van der Waals surface area (Å²) >= 11 is 0. The molecule has 0 saturated heterocycles. The van der Waals surface area contributed by atoms with Gasteiger partial charge in [-0.15, -0.1) is 0 Å². The van der Waals surface area contributed by atoms with Gasteiger partial charge in [-0.3, -0.25) is 19.2 Å². The third-order valence-corrected chi connectivity index (χ3v) is 7.29. The van der Waals surface area contributed by atoms with Crippen molar-refractivity contribution >= 4 is 35.0 Å². The highest BCUT2D eigenvalue weighted by atomic mass is 19.4. The van der Waals surface area contributed by atoms with Gasteiger partial charge < -0.3 is 9.47 Å². The molecule has 0 radical (unpaired) electrons. The van der Waals surface area contributed by atoms with Crippen LogP contribution in [-0.2, 0) is 24.6 Å². The Labute approximate surface area is 274 Å². The van der Waals surface area contributed by atoms with Gasteiger partial charge in [0.2, 0.25) is 5.41 Å². The maximum absolute atomic E-state index is 14.4. The fourth-order valence-electron chi connectivity index (χ4n) is 4.90. The number of hydrogen-bond donors (Lipinski definition) is 0. The lowest BCUT2D eigenvalue weighted by atomic mass is 9.78. The third kappa shape index (κ3) is 6.79. The molecular weight excluding hydrogens is 658 g/mol. The minimum atomic E-state index is -5.84. The fraction of sp³-hybridized carbons (Fsp3) is 0.0857. The summed E-state index contributed by atoms with van der Waals surface area (Å²) in [4.78, 5) is 49.2. The van der Waals surface area contributed by atoms with E-state index in [-0.39, 0.29) is 40.5 Å². The van der Waals surface area contributed by atoms with Crippen LogP contribution in [0.4, 0.5) is 37.7 Å². The highest BCUT2D eigenvalue weighted by Crippen LogP contribution is 2.53. The molecule has 0 atom stereocenters. The quantitative estimate of drug-likeness (QED) is 0.0959. The molecule has 2 heterocycles. The zero-order chi connectivity index (χ0) is 35.6. The first kappa shape index (κ1) is 34.2. The van der Waals surface area contributed by atoms with Crippen LogP contribution in [0.2, 0.25) is 0 Å². The molecule has 0 spiro atoms. The van der Waals surface area contributed by atoms with E-state index in [0.717, 1.165) is 58.4 Å². The van der Waals surface area contributed by atoms with Crippen LogP contribution < -0.4 is 19.3 Å². The van der Waals surface area contributed by atoms with Crippen LogP contribution in [0.1, 0.15) is 5.56 Å². The van der Waals surface area contributed by atoms with Crippen molar-refractivity contribution < 1.29 is 55.0 Å². The average Bonchev–Trinajstić information content (AvgIpc) is 3.57. The maximum Gasteiger partial charge on any atom is 0.410 e. The molecule has 8 nitrogen and oxygen atoms in total. The van der Waals surface area contributed by atoms with Gasteiger partial charge in [-0.1, -0.05) is 30.9 Å². The van der Waals surface area contributed by atoms with E-state index in [1.165, 1.54) is 48.5 Å². The lowest BCUT2D eigenvalue weighted by Gasteiger charge is -2.35. The third-order valence-electron chi connectivity index (χ3n) is 7.29. The number of alkyl halides is 6. The summed E-state index contributed by atoms with van der Waals surface area (Å²) in [6, 6.07) is 14.1. The molecule has 0 unspecified atom stereocenters. The van der Waals surface area contributed by atoms with Gasteiger partial charge in [0.25, 0.3) is 23.6 Å². The molecule has 0 aliphatic carbocycles. The first-order valence-electron chi connectivity index (χ1n) is 14.1. The predicted octanol–water partition coefficient (Wildman–Crippen LogP) is 7.41. The largest absolute Gasteiger partial charge is 0.457 e. The number of rotatable bonds is 10. The Hall–Kier alpha value is -6.18. The van der Waals surface area contributed by atoms with Crippen LogP contribution in [0.3, 0.4) is 0 Å². The first-order chi connectivity index (χ1) is 23.1. The lowest BCUT2D eigenvalue weighted by molar-refractivity contribution is -0.286. The van der Waals surface area contributed by atoms with E-state index in [1.807, 2.05) is 0 Å². The fourth-order valence-corrected chi connectivity index (χ4v) is 4.90. The van der Waals surface area contributed by atoms with Gasteiger partial charge in [0.15, 0.2) is 0 Å². The molecule has 3 aromatic rings. The minimum Gasteiger partial charge on any atom is -0.457 e. The van der Waals surface area contributed by atoms with E-state index in [0.29, 0.717) is 18.2 Å². The van der Waals surface area contributed by atoms with Crippen LogP contribution in [-0.4, -0.2) is 36.0 Å². The van der Waals surface area contributed by atoms with Crippen LogP contribution in [0.15, 0.2) is 134 Å². The van der Waals surface area contributed by atoms with Crippen molar-refractivity contribution in [3.05, 3.63) is 139 Å². The van der Waals surface area contributed by atoms with Gasteiger partial charge in [0.1, 0.15) is 23.0 Å². The molecule has 14 heteroatoms. The van der Waals surface area contributed by atoms with Crippen molar-refractivity contribution in [2.75, 3.05) is 9.80 Å². The summed E-state index contributed by atoms with van der Waals surface area (Å²) < 4.78 is 97.5. The van der Waals surface area contributed by atoms with Crippen molar-refractivity contribution in [1.29, 1.82) is 0 Å². The molecule has 2 aliphatic rings. The van der Waals surface area contributed by atoms with Crippen LogP contribution in [0.5, 0.6) is 17.2 Å². The Morgan fingerprint density at radius 2 is 0.980 bits per heavy atom. The highest BCUT2D eigenvalue weighted by Gasteiger charge is 2.70. The predicted molar refractivity (Wildman–Crippen MR) is 165 cm³/mol. The van der Waals surface area contributed by atoms with Gasteiger partial charge in [-0.05, 0) is 78.4 Å². The van der Waals surface area contributed by atoms with E-state index >= 15 is 0 Å². The second-order valence-corrected chi connectivity index (χ2v) is 10.3. The van der Waals surface area contributed by atoms with Crippen LogP contribution in [0, 0.1) is 0 Å². The number of anilines is 2. The van der Waals surface area contributed by atoms with Crippen molar-refractivity contribution in [3.8, 4) is 17.2 Å². The summed E-state index contributed by atoms with van der Waals surface area (Å²) in [5.74, 6) is -2.29. The summed E-state index contributed by atoms with van der Waals surface area (Å²) in [6.45, 7) is 3.48. The number of carbonyl (C=O) groups is 4. The number of ether oxygens (including phenoxy) is 2. The molecular formula is C35H22F6N2O6. The summed E-state index contributed by atoms with van der Waals surface area (Å²) in [5.41, 5.74) is -5.12. The van der Waals surface area contributed by atoms with E-state index in [2.05, 4.69) is 6.58 Å². The van der Waals surface area contributed by atoms with Crippen LogP contribution >= 0.6 is 0 Å². The number of imide groups is 2. The number of allylic oxidation sites excluding steroid dienone is 4. The Morgan fingerprint density at radius 1 is 0.592 bits per heavy atom. The summed E-state index contributed by atoms with van der Waals surface area (Å²) in [7, 11) is 0. The second kappa shape index (κ2) is 13.1. The molecule has 4 amide bonds. The highest BCUT2D eigenvalue weighted by molar-refractivity contribution is 6.28. The maximum atomic E-state index is 14.4. The molecule has 0 fully saturated rings. The van der Waals surface area contributed by atoms with Gasteiger partial charge in [-0.25, -0.2) is 9.80 Å².